The first kappa shape index (κ1) is 13.1. The van der Waals surface area contributed by atoms with Crippen molar-refractivity contribution in [2.24, 2.45) is 0 Å². The highest BCUT2D eigenvalue weighted by Crippen LogP contribution is 2.25. The summed E-state index contributed by atoms with van der Waals surface area (Å²) in [6.45, 7) is 0.835. The van der Waals surface area contributed by atoms with E-state index in [1.165, 1.54) is 0 Å². The van der Waals surface area contributed by atoms with E-state index in [0.29, 0.717) is 0 Å². The Morgan fingerprint density at radius 2 is 2.18 bits per heavy atom. The number of aryl methyl sites for hydroxylation is 2. The van der Waals surface area contributed by atoms with Crippen LogP contribution in [0.4, 0.5) is 0 Å². The standard InChI is InChI=1S/C14H13N7S/c1-2-5-12-10(4-1)16-14(11-8-22-9-15-11)21(12)7-3-6-13-17-19-20-18-13/h1-2,4-5,8-9H,3,6-7H2,(H,17,18,19,20). The topological polar surface area (TPSA) is 85.2 Å². The van der Waals surface area contributed by atoms with Crippen LogP contribution in [0.3, 0.4) is 0 Å². The van der Waals surface area contributed by atoms with Crippen LogP contribution in [0.1, 0.15) is 12.2 Å². The number of fused-ring (bicyclic) bond motifs is 1. The molecule has 3 heterocycles. The Kier molecular flexibility index (Phi) is 3.36. The molecular weight excluding hydrogens is 298 g/mol. The van der Waals surface area contributed by atoms with Crippen molar-refractivity contribution in [2.75, 3.05) is 0 Å². The molecule has 0 aliphatic heterocycles. The zero-order chi connectivity index (χ0) is 14.8. The van der Waals surface area contributed by atoms with E-state index in [9.17, 15) is 0 Å². The molecular formula is C14H13N7S. The molecule has 4 aromatic rings. The molecule has 0 bridgehead atoms. The fourth-order valence-corrected chi connectivity index (χ4v) is 3.03. The molecule has 0 aliphatic rings. The maximum absolute atomic E-state index is 4.73. The van der Waals surface area contributed by atoms with Crippen molar-refractivity contribution in [3.63, 3.8) is 0 Å². The molecule has 4 rings (SSSR count). The van der Waals surface area contributed by atoms with E-state index in [2.05, 4.69) is 36.2 Å². The van der Waals surface area contributed by atoms with Crippen molar-refractivity contribution in [1.29, 1.82) is 0 Å². The zero-order valence-electron chi connectivity index (χ0n) is 11.7. The Bertz CT molecular complexity index is 864. The van der Waals surface area contributed by atoms with Crippen molar-refractivity contribution < 1.29 is 0 Å². The van der Waals surface area contributed by atoms with Crippen molar-refractivity contribution in [1.82, 2.24) is 35.2 Å². The molecule has 0 spiro atoms. The number of nitrogens with zero attached hydrogens (tertiary/aromatic N) is 6. The second-order valence-electron chi connectivity index (χ2n) is 4.88. The molecule has 3 aromatic heterocycles. The number of hydrogen-bond acceptors (Lipinski definition) is 6. The number of nitrogens with one attached hydrogen (secondary N) is 1. The summed E-state index contributed by atoms with van der Waals surface area (Å²) in [6, 6.07) is 8.15. The number of H-pyrrole nitrogens is 1. The smallest absolute Gasteiger partial charge is 0.174 e. The van der Waals surface area contributed by atoms with Gasteiger partial charge in [0.25, 0.3) is 0 Å². The second-order valence-corrected chi connectivity index (χ2v) is 5.60. The minimum Gasteiger partial charge on any atom is -0.323 e. The number of tetrazole rings is 1. The van der Waals surface area contributed by atoms with Gasteiger partial charge in [-0.3, -0.25) is 0 Å². The van der Waals surface area contributed by atoms with E-state index >= 15 is 0 Å². The van der Waals surface area contributed by atoms with Crippen molar-refractivity contribution in [3.8, 4) is 11.5 Å². The first-order valence-corrected chi connectivity index (χ1v) is 7.92. The molecule has 0 radical (unpaired) electrons. The molecule has 1 N–H and O–H groups in total. The fraction of sp³-hybridized carbons (Fsp3) is 0.214. The van der Waals surface area contributed by atoms with Gasteiger partial charge in [-0.1, -0.05) is 17.3 Å². The predicted octanol–water partition coefficient (Wildman–Crippen LogP) is 2.31. The molecule has 0 atom stereocenters. The molecule has 0 aliphatic carbocycles. The Labute approximate surface area is 130 Å². The summed E-state index contributed by atoms with van der Waals surface area (Å²) < 4.78 is 2.21. The number of aromatic nitrogens is 7. The minimum atomic E-state index is 0.736. The molecule has 1 aromatic carbocycles. The summed E-state index contributed by atoms with van der Waals surface area (Å²) in [6.07, 6.45) is 1.69. The van der Waals surface area contributed by atoms with Crippen LogP contribution < -0.4 is 0 Å². The summed E-state index contributed by atoms with van der Waals surface area (Å²) >= 11 is 1.58. The Morgan fingerprint density at radius 1 is 1.23 bits per heavy atom. The lowest BCUT2D eigenvalue weighted by atomic mass is 10.2. The number of aromatic amines is 1. The number of rotatable bonds is 5. The minimum absolute atomic E-state index is 0.736. The lowest BCUT2D eigenvalue weighted by molar-refractivity contribution is 0.646. The van der Waals surface area contributed by atoms with E-state index in [4.69, 9.17) is 4.98 Å². The van der Waals surface area contributed by atoms with Crippen LogP contribution in [-0.4, -0.2) is 35.2 Å². The van der Waals surface area contributed by atoms with Gasteiger partial charge in [0.1, 0.15) is 5.69 Å². The van der Waals surface area contributed by atoms with Crippen LogP contribution in [0.2, 0.25) is 0 Å². The number of imidazole rings is 1. The van der Waals surface area contributed by atoms with E-state index in [-0.39, 0.29) is 0 Å². The van der Waals surface area contributed by atoms with Crippen LogP contribution in [0.5, 0.6) is 0 Å². The first-order chi connectivity index (χ1) is 10.9. The molecule has 22 heavy (non-hydrogen) atoms. The van der Waals surface area contributed by atoms with Crippen molar-refractivity contribution >= 4 is 22.4 Å². The average Bonchev–Trinajstić information content (AvgIpc) is 3.28. The average molecular weight is 311 g/mol. The monoisotopic (exact) mass is 311 g/mol. The van der Waals surface area contributed by atoms with Gasteiger partial charge in [-0.25, -0.2) is 9.97 Å². The van der Waals surface area contributed by atoms with Gasteiger partial charge in [-0.05, 0) is 18.6 Å². The lowest BCUT2D eigenvalue weighted by Gasteiger charge is -2.06. The van der Waals surface area contributed by atoms with E-state index in [1.807, 2.05) is 29.1 Å². The highest BCUT2D eigenvalue weighted by molar-refractivity contribution is 7.07. The Balaban J connectivity index is 1.66. The van der Waals surface area contributed by atoms with Gasteiger partial charge in [-0.15, -0.1) is 21.5 Å². The van der Waals surface area contributed by atoms with Crippen LogP contribution in [0, 0.1) is 0 Å². The quantitative estimate of drug-likeness (QED) is 0.611. The number of hydrogen-bond donors (Lipinski definition) is 1. The van der Waals surface area contributed by atoms with Gasteiger partial charge in [-0.2, -0.15) is 5.21 Å². The highest BCUT2D eigenvalue weighted by Gasteiger charge is 2.13. The second kappa shape index (κ2) is 5.64. The van der Waals surface area contributed by atoms with E-state index in [0.717, 1.165) is 47.8 Å². The van der Waals surface area contributed by atoms with Gasteiger partial charge in [0.2, 0.25) is 0 Å². The summed E-state index contributed by atoms with van der Waals surface area (Å²) in [5.41, 5.74) is 4.86. The molecule has 0 fully saturated rings. The van der Waals surface area contributed by atoms with E-state index in [1.54, 1.807) is 11.3 Å². The third-order valence-corrected chi connectivity index (χ3v) is 4.07. The SMILES string of the molecule is c1ccc2c(c1)nc(-c1cscn1)n2CCCc1nn[nH]n1. The van der Waals surface area contributed by atoms with Gasteiger partial charge in [0.05, 0.1) is 16.5 Å². The van der Waals surface area contributed by atoms with Gasteiger partial charge >= 0.3 is 0 Å². The molecule has 110 valence electrons. The summed E-state index contributed by atoms with van der Waals surface area (Å²) in [5, 5.41) is 16.1. The van der Waals surface area contributed by atoms with Gasteiger partial charge in [0, 0.05) is 18.3 Å². The van der Waals surface area contributed by atoms with Crippen LogP contribution in [0.25, 0.3) is 22.6 Å². The fourth-order valence-electron chi connectivity index (χ4n) is 2.50. The lowest BCUT2D eigenvalue weighted by Crippen LogP contribution is -2.03. The van der Waals surface area contributed by atoms with Crippen LogP contribution in [0.15, 0.2) is 35.2 Å². The zero-order valence-corrected chi connectivity index (χ0v) is 12.5. The molecule has 0 saturated carbocycles. The summed E-state index contributed by atoms with van der Waals surface area (Å²) in [4.78, 5) is 9.12. The number of thiazole rings is 1. The summed E-state index contributed by atoms with van der Waals surface area (Å²) in [5.74, 6) is 1.65. The third kappa shape index (κ3) is 2.37. The van der Waals surface area contributed by atoms with Gasteiger partial charge < -0.3 is 4.57 Å². The molecule has 8 heteroatoms. The van der Waals surface area contributed by atoms with Gasteiger partial charge in [0.15, 0.2) is 11.6 Å². The number of benzene rings is 1. The predicted molar refractivity (Wildman–Crippen MR) is 83.3 cm³/mol. The Hall–Kier alpha value is -2.61. The van der Waals surface area contributed by atoms with Crippen LogP contribution in [-0.2, 0) is 13.0 Å². The largest absolute Gasteiger partial charge is 0.323 e. The molecule has 0 unspecified atom stereocenters. The maximum Gasteiger partial charge on any atom is 0.174 e. The Morgan fingerprint density at radius 3 is 3.00 bits per heavy atom. The molecule has 0 amide bonds. The van der Waals surface area contributed by atoms with Crippen LogP contribution >= 0.6 is 11.3 Å². The highest BCUT2D eigenvalue weighted by atomic mass is 32.1. The first-order valence-electron chi connectivity index (χ1n) is 6.98. The normalized spacial score (nSPS) is 11.3. The van der Waals surface area contributed by atoms with E-state index < -0.39 is 0 Å². The van der Waals surface area contributed by atoms with Crippen molar-refractivity contribution in [2.45, 2.75) is 19.4 Å². The molecule has 0 saturated heterocycles. The number of para-hydroxylation sites is 2. The third-order valence-electron chi connectivity index (χ3n) is 3.49. The maximum atomic E-state index is 4.73. The molecule has 7 nitrogen and oxygen atoms in total. The summed E-state index contributed by atoms with van der Waals surface area (Å²) in [7, 11) is 0. The van der Waals surface area contributed by atoms with Crippen molar-refractivity contribution in [3.05, 3.63) is 41.0 Å².